The number of hydrogen-bond acceptors (Lipinski definition) is 2. The first-order valence-electron chi connectivity index (χ1n) is 8.31. The summed E-state index contributed by atoms with van der Waals surface area (Å²) in [5.41, 5.74) is 1.47. The molecule has 1 aliphatic carbocycles. The van der Waals surface area contributed by atoms with Crippen LogP contribution in [0.3, 0.4) is 0 Å². The van der Waals surface area contributed by atoms with E-state index >= 15 is 0 Å². The maximum atomic E-state index is 3.82. The summed E-state index contributed by atoms with van der Waals surface area (Å²) in [7, 11) is 0. The Morgan fingerprint density at radius 2 is 2.00 bits per heavy atom. The number of rotatable bonds is 5. The summed E-state index contributed by atoms with van der Waals surface area (Å²) >= 11 is 0. The molecule has 0 amide bonds. The van der Waals surface area contributed by atoms with Crippen molar-refractivity contribution in [2.75, 3.05) is 13.1 Å². The van der Waals surface area contributed by atoms with Crippen molar-refractivity contribution < 1.29 is 0 Å². The van der Waals surface area contributed by atoms with E-state index in [4.69, 9.17) is 0 Å². The summed E-state index contributed by atoms with van der Waals surface area (Å²) in [5, 5.41) is 3.82. The Morgan fingerprint density at radius 1 is 1.25 bits per heavy atom. The van der Waals surface area contributed by atoms with Crippen molar-refractivity contribution in [1.29, 1.82) is 0 Å². The SMILES string of the molecule is CCC(C)N1CC(C2CC2)NCC1Cc1ccccc1. The van der Waals surface area contributed by atoms with Crippen LogP contribution in [0.25, 0.3) is 0 Å². The first-order chi connectivity index (χ1) is 9.78. The molecule has 1 aromatic carbocycles. The molecule has 0 aromatic heterocycles. The summed E-state index contributed by atoms with van der Waals surface area (Å²) in [4.78, 5) is 2.77. The van der Waals surface area contributed by atoms with Gasteiger partial charge in [0.1, 0.15) is 0 Å². The second-order valence-corrected chi connectivity index (χ2v) is 6.65. The second kappa shape index (κ2) is 6.28. The molecule has 3 unspecified atom stereocenters. The Bertz CT molecular complexity index is 413. The van der Waals surface area contributed by atoms with Crippen molar-refractivity contribution in [3.63, 3.8) is 0 Å². The van der Waals surface area contributed by atoms with E-state index < -0.39 is 0 Å². The van der Waals surface area contributed by atoms with Crippen molar-refractivity contribution in [1.82, 2.24) is 10.2 Å². The molecular weight excluding hydrogens is 244 g/mol. The summed E-state index contributed by atoms with van der Waals surface area (Å²) in [6.07, 6.45) is 5.31. The van der Waals surface area contributed by atoms with Gasteiger partial charge >= 0.3 is 0 Å². The zero-order valence-electron chi connectivity index (χ0n) is 12.9. The summed E-state index contributed by atoms with van der Waals surface area (Å²) in [6, 6.07) is 13.1. The third kappa shape index (κ3) is 3.24. The molecule has 20 heavy (non-hydrogen) atoms. The molecule has 1 saturated carbocycles. The molecule has 0 radical (unpaired) electrons. The van der Waals surface area contributed by atoms with Crippen LogP contribution in [0.1, 0.15) is 38.7 Å². The maximum Gasteiger partial charge on any atom is 0.0264 e. The molecule has 1 aliphatic heterocycles. The molecule has 1 aromatic rings. The van der Waals surface area contributed by atoms with Crippen molar-refractivity contribution >= 4 is 0 Å². The fraction of sp³-hybridized carbons (Fsp3) is 0.667. The largest absolute Gasteiger partial charge is 0.311 e. The lowest BCUT2D eigenvalue weighted by Gasteiger charge is -2.44. The minimum Gasteiger partial charge on any atom is -0.311 e. The Labute approximate surface area is 123 Å². The van der Waals surface area contributed by atoms with Gasteiger partial charge in [0.2, 0.25) is 0 Å². The van der Waals surface area contributed by atoms with Gasteiger partial charge in [0.05, 0.1) is 0 Å². The van der Waals surface area contributed by atoms with Crippen LogP contribution in [-0.2, 0) is 6.42 Å². The minimum absolute atomic E-state index is 0.655. The van der Waals surface area contributed by atoms with E-state index in [1.807, 2.05) is 0 Å². The van der Waals surface area contributed by atoms with Gasteiger partial charge in [-0.25, -0.2) is 0 Å². The van der Waals surface area contributed by atoms with E-state index in [1.54, 1.807) is 0 Å². The van der Waals surface area contributed by atoms with Crippen molar-refractivity contribution in [3.8, 4) is 0 Å². The van der Waals surface area contributed by atoms with E-state index in [-0.39, 0.29) is 0 Å². The van der Waals surface area contributed by atoms with Gasteiger partial charge in [-0.3, -0.25) is 4.90 Å². The molecule has 1 N–H and O–H groups in total. The first kappa shape index (κ1) is 14.1. The lowest BCUT2D eigenvalue weighted by Crippen LogP contribution is -2.60. The number of piperazine rings is 1. The average Bonchev–Trinajstić information content (AvgIpc) is 3.33. The molecular formula is C18H28N2. The number of nitrogens with one attached hydrogen (secondary N) is 1. The van der Waals surface area contributed by atoms with Crippen molar-refractivity contribution in [3.05, 3.63) is 35.9 Å². The first-order valence-corrected chi connectivity index (χ1v) is 8.31. The Morgan fingerprint density at radius 3 is 2.65 bits per heavy atom. The topological polar surface area (TPSA) is 15.3 Å². The normalized spacial score (nSPS) is 29.3. The van der Waals surface area contributed by atoms with Crippen LogP contribution < -0.4 is 5.32 Å². The van der Waals surface area contributed by atoms with Gasteiger partial charge in [-0.15, -0.1) is 0 Å². The predicted octanol–water partition coefficient (Wildman–Crippen LogP) is 3.08. The molecule has 2 nitrogen and oxygen atoms in total. The third-order valence-corrected chi connectivity index (χ3v) is 5.15. The van der Waals surface area contributed by atoms with E-state index in [9.17, 15) is 0 Å². The molecule has 110 valence electrons. The highest BCUT2D eigenvalue weighted by Gasteiger charge is 2.38. The van der Waals surface area contributed by atoms with Crippen LogP contribution in [0.5, 0.6) is 0 Å². The smallest absolute Gasteiger partial charge is 0.0264 e. The van der Waals surface area contributed by atoms with E-state index in [1.165, 1.54) is 37.8 Å². The van der Waals surface area contributed by atoms with Crippen molar-refractivity contribution in [2.45, 2.75) is 57.7 Å². The number of nitrogens with zero attached hydrogens (tertiary/aromatic N) is 1. The van der Waals surface area contributed by atoms with E-state index in [0.29, 0.717) is 12.1 Å². The quantitative estimate of drug-likeness (QED) is 0.886. The standard InChI is InChI=1S/C18H28N2/c1-3-14(2)20-13-18(16-9-10-16)19-12-17(20)11-15-7-5-4-6-8-15/h4-8,14,16-19H,3,9-13H2,1-2H3. The molecule has 2 fully saturated rings. The Hall–Kier alpha value is -0.860. The minimum atomic E-state index is 0.655. The molecule has 1 saturated heterocycles. The van der Waals surface area contributed by atoms with Crippen LogP contribution in [-0.4, -0.2) is 36.1 Å². The number of hydrogen-bond donors (Lipinski definition) is 1. The highest BCUT2D eigenvalue weighted by Crippen LogP contribution is 2.35. The molecule has 2 heteroatoms. The van der Waals surface area contributed by atoms with Crippen LogP contribution in [0.15, 0.2) is 30.3 Å². The molecule has 3 rings (SSSR count). The van der Waals surface area contributed by atoms with Crippen molar-refractivity contribution in [2.24, 2.45) is 5.92 Å². The molecule has 2 aliphatic rings. The van der Waals surface area contributed by atoms with Crippen LogP contribution in [0.2, 0.25) is 0 Å². The third-order valence-electron chi connectivity index (χ3n) is 5.15. The second-order valence-electron chi connectivity index (χ2n) is 6.65. The fourth-order valence-electron chi connectivity index (χ4n) is 3.51. The van der Waals surface area contributed by atoms with Crippen LogP contribution >= 0.6 is 0 Å². The van der Waals surface area contributed by atoms with Gasteiger partial charge in [-0.1, -0.05) is 37.3 Å². The van der Waals surface area contributed by atoms with Gasteiger partial charge in [0.15, 0.2) is 0 Å². The fourth-order valence-corrected chi connectivity index (χ4v) is 3.51. The Kier molecular flexibility index (Phi) is 4.42. The zero-order valence-corrected chi connectivity index (χ0v) is 12.9. The van der Waals surface area contributed by atoms with E-state index in [2.05, 4.69) is 54.4 Å². The van der Waals surface area contributed by atoms with Gasteiger partial charge in [-0.2, -0.15) is 0 Å². The maximum absolute atomic E-state index is 3.82. The zero-order chi connectivity index (χ0) is 13.9. The monoisotopic (exact) mass is 272 g/mol. The Balaban J connectivity index is 1.67. The van der Waals surface area contributed by atoms with Crippen LogP contribution in [0.4, 0.5) is 0 Å². The summed E-state index contributed by atoms with van der Waals surface area (Å²) in [5.74, 6) is 0.958. The highest BCUT2D eigenvalue weighted by atomic mass is 15.3. The highest BCUT2D eigenvalue weighted by molar-refractivity contribution is 5.16. The molecule has 0 bridgehead atoms. The molecule has 1 heterocycles. The van der Waals surface area contributed by atoms with E-state index in [0.717, 1.165) is 18.5 Å². The van der Waals surface area contributed by atoms with Gasteiger partial charge < -0.3 is 5.32 Å². The summed E-state index contributed by atoms with van der Waals surface area (Å²) in [6.45, 7) is 7.11. The molecule has 0 spiro atoms. The van der Waals surface area contributed by atoms with Gasteiger partial charge in [0.25, 0.3) is 0 Å². The predicted molar refractivity (Wildman–Crippen MR) is 84.9 cm³/mol. The average molecular weight is 272 g/mol. The molecule has 3 atom stereocenters. The van der Waals surface area contributed by atoms with Gasteiger partial charge in [-0.05, 0) is 44.1 Å². The van der Waals surface area contributed by atoms with Crippen LogP contribution in [0, 0.1) is 5.92 Å². The summed E-state index contributed by atoms with van der Waals surface area (Å²) < 4.78 is 0. The lowest BCUT2D eigenvalue weighted by molar-refractivity contribution is 0.0809. The number of benzene rings is 1. The lowest BCUT2D eigenvalue weighted by atomic mass is 9.97. The van der Waals surface area contributed by atoms with Gasteiger partial charge in [0, 0.05) is 31.2 Å².